The van der Waals surface area contributed by atoms with E-state index in [2.05, 4.69) is 0 Å². The van der Waals surface area contributed by atoms with Crippen molar-refractivity contribution in [2.24, 2.45) is 5.73 Å². The van der Waals surface area contributed by atoms with Crippen LogP contribution in [0.1, 0.15) is 5.56 Å². The first kappa shape index (κ1) is 21.5. The first-order valence-corrected chi connectivity index (χ1v) is 8.91. The maximum atomic E-state index is 12.9. The fraction of sp³-hybridized carbons (Fsp3) is 0.0526. The molecule has 5 amide bonds. The van der Waals surface area contributed by atoms with Gasteiger partial charge in [-0.15, -0.1) is 0 Å². The van der Waals surface area contributed by atoms with Gasteiger partial charge in [0.2, 0.25) is 0 Å². The number of imide groups is 2. The summed E-state index contributed by atoms with van der Waals surface area (Å²) in [6.07, 6.45) is 1.19. The molecule has 1 aliphatic heterocycles. The largest absolute Gasteiger partial charge is 0.482 e. The average molecular weight is 445 g/mol. The van der Waals surface area contributed by atoms with Crippen LogP contribution in [0.5, 0.6) is 5.75 Å². The Morgan fingerprint density at radius 3 is 2.61 bits per heavy atom. The molecule has 0 radical (unpaired) electrons. The zero-order chi connectivity index (χ0) is 22.7. The smallest absolute Gasteiger partial charge is 0.335 e. The molecule has 12 heteroatoms. The van der Waals surface area contributed by atoms with Crippen molar-refractivity contribution in [1.82, 2.24) is 5.32 Å². The van der Waals surface area contributed by atoms with Gasteiger partial charge in [-0.3, -0.25) is 29.8 Å². The van der Waals surface area contributed by atoms with Crippen molar-refractivity contribution in [2.75, 3.05) is 11.5 Å². The number of anilines is 1. The number of barbiturate groups is 1. The lowest BCUT2D eigenvalue weighted by molar-refractivity contribution is -0.384. The van der Waals surface area contributed by atoms with Crippen LogP contribution in [0.4, 0.5) is 16.2 Å². The minimum Gasteiger partial charge on any atom is -0.482 e. The Labute approximate surface area is 179 Å². The number of nitrogens with zero attached hydrogens (tertiary/aromatic N) is 2. The van der Waals surface area contributed by atoms with Crippen LogP contribution in [0.3, 0.4) is 0 Å². The van der Waals surface area contributed by atoms with E-state index in [1.54, 1.807) is 0 Å². The van der Waals surface area contributed by atoms with Crippen LogP contribution in [0.2, 0.25) is 5.02 Å². The number of carbonyl (C=O) groups excluding carboxylic acids is 4. The van der Waals surface area contributed by atoms with Gasteiger partial charge in [-0.05, 0) is 29.8 Å². The Kier molecular flexibility index (Phi) is 5.97. The highest BCUT2D eigenvalue weighted by atomic mass is 35.5. The molecule has 0 unspecified atom stereocenters. The lowest BCUT2D eigenvalue weighted by atomic mass is 10.1. The molecule has 0 atom stereocenters. The number of nitrogens with one attached hydrogen (secondary N) is 1. The number of primary amides is 1. The maximum absolute atomic E-state index is 12.9. The molecule has 0 aliphatic carbocycles. The van der Waals surface area contributed by atoms with Crippen LogP contribution >= 0.6 is 11.6 Å². The van der Waals surface area contributed by atoms with Crippen molar-refractivity contribution in [3.8, 4) is 5.75 Å². The second kappa shape index (κ2) is 8.63. The van der Waals surface area contributed by atoms with E-state index >= 15 is 0 Å². The van der Waals surface area contributed by atoms with E-state index in [1.165, 1.54) is 42.5 Å². The van der Waals surface area contributed by atoms with Gasteiger partial charge in [0.05, 0.1) is 15.6 Å². The number of amides is 5. The molecule has 2 aromatic carbocycles. The molecule has 3 N–H and O–H groups in total. The molecule has 31 heavy (non-hydrogen) atoms. The van der Waals surface area contributed by atoms with E-state index in [1.807, 2.05) is 5.32 Å². The Bertz CT molecular complexity index is 1160. The van der Waals surface area contributed by atoms with E-state index in [0.29, 0.717) is 10.5 Å². The number of urea groups is 1. The lowest BCUT2D eigenvalue weighted by Crippen LogP contribution is -2.54. The number of halogens is 1. The predicted molar refractivity (Wildman–Crippen MR) is 108 cm³/mol. The van der Waals surface area contributed by atoms with Gasteiger partial charge in [0.25, 0.3) is 23.4 Å². The number of ether oxygens (including phenoxy) is 1. The Balaban J connectivity index is 1.94. The number of non-ortho nitro benzene ring substituents is 1. The Morgan fingerprint density at radius 2 is 1.97 bits per heavy atom. The summed E-state index contributed by atoms with van der Waals surface area (Å²) in [5.41, 5.74) is 4.52. The highest BCUT2D eigenvalue weighted by Crippen LogP contribution is 2.28. The van der Waals surface area contributed by atoms with Crippen LogP contribution in [0, 0.1) is 10.1 Å². The molecule has 1 fully saturated rings. The number of hydrogen-bond acceptors (Lipinski definition) is 7. The van der Waals surface area contributed by atoms with Gasteiger partial charge in [-0.2, -0.15) is 0 Å². The van der Waals surface area contributed by atoms with Crippen LogP contribution in [0.25, 0.3) is 6.08 Å². The SMILES string of the molecule is NC(=O)COc1ccc(/C=C2\C(=O)NC(=O)N(c3cccc([N+](=O)[O-])c3)C2=O)cc1Cl. The van der Waals surface area contributed by atoms with Gasteiger partial charge < -0.3 is 10.5 Å². The molecule has 0 saturated carbocycles. The molecule has 1 aliphatic rings. The van der Waals surface area contributed by atoms with Crippen molar-refractivity contribution in [1.29, 1.82) is 0 Å². The average Bonchev–Trinajstić information content (AvgIpc) is 2.70. The number of nitrogens with two attached hydrogens (primary N) is 1. The minimum absolute atomic E-state index is 0.0802. The molecule has 2 aromatic rings. The van der Waals surface area contributed by atoms with Gasteiger partial charge in [-0.25, -0.2) is 9.69 Å². The summed E-state index contributed by atoms with van der Waals surface area (Å²) >= 11 is 6.08. The molecular weight excluding hydrogens is 432 g/mol. The molecule has 11 nitrogen and oxygen atoms in total. The highest BCUT2D eigenvalue weighted by molar-refractivity contribution is 6.39. The summed E-state index contributed by atoms with van der Waals surface area (Å²) in [6.45, 7) is -0.388. The van der Waals surface area contributed by atoms with Gasteiger partial charge >= 0.3 is 6.03 Å². The first-order chi connectivity index (χ1) is 14.7. The van der Waals surface area contributed by atoms with Crippen molar-refractivity contribution in [2.45, 2.75) is 0 Å². The number of carbonyl (C=O) groups is 4. The fourth-order valence-electron chi connectivity index (χ4n) is 2.68. The number of hydrogen-bond donors (Lipinski definition) is 2. The summed E-state index contributed by atoms with van der Waals surface area (Å²) in [5.74, 6) is -2.45. The Hall–Kier alpha value is -4.25. The molecular formula is C19H13ClN4O7. The van der Waals surface area contributed by atoms with Gasteiger partial charge in [0.15, 0.2) is 6.61 Å². The topological polar surface area (TPSA) is 162 Å². The van der Waals surface area contributed by atoms with Crippen LogP contribution in [0.15, 0.2) is 48.0 Å². The normalized spacial score (nSPS) is 15.1. The van der Waals surface area contributed by atoms with Crippen molar-refractivity contribution in [3.63, 3.8) is 0 Å². The standard InChI is InChI=1S/C19H13ClN4O7/c20-14-7-10(4-5-15(14)31-9-16(21)25)6-13-17(26)22-19(28)23(18(13)27)11-2-1-3-12(8-11)24(29)30/h1-8H,9H2,(H2,21,25)(H,22,26,28)/b13-6+. The lowest BCUT2D eigenvalue weighted by Gasteiger charge is -2.26. The van der Waals surface area contributed by atoms with Crippen LogP contribution in [-0.2, 0) is 14.4 Å². The van der Waals surface area contributed by atoms with Crippen molar-refractivity contribution < 1.29 is 28.8 Å². The van der Waals surface area contributed by atoms with E-state index in [0.717, 1.165) is 6.07 Å². The fourth-order valence-corrected chi connectivity index (χ4v) is 2.92. The van der Waals surface area contributed by atoms with Crippen molar-refractivity contribution in [3.05, 3.63) is 68.7 Å². The molecule has 158 valence electrons. The summed E-state index contributed by atoms with van der Waals surface area (Å²) in [6, 6.07) is 8.06. The van der Waals surface area contributed by atoms with Gasteiger partial charge in [0, 0.05) is 12.1 Å². The molecule has 3 rings (SSSR count). The monoisotopic (exact) mass is 444 g/mol. The molecule has 0 spiro atoms. The third-order valence-corrected chi connectivity index (χ3v) is 4.33. The molecule has 0 bridgehead atoms. The number of nitro groups is 1. The number of benzene rings is 2. The number of rotatable bonds is 6. The summed E-state index contributed by atoms with van der Waals surface area (Å²) < 4.78 is 5.12. The first-order valence-electron chi connectivity index (χ1n) is 8.54. The zero-order valence-electron chi connectivity index (χ0n) is 15.5. The van der Waals surface area contributed by atoms with Crippen molar-refractivity contribution >= 4 is 52.8 Å². The van der Waals surface area contributed by atoms with E-state index in [9.17, 15) is 29.3 Å². The zero-order valence-corrected chi connectivity index (χ0v) is 16.3. The van der Waals surface area contributed by atoms with Gasteiger partial charge in [0.1, 0.15) is 11.3 Å². The Morgan fingerprint density at radius 1 is 1.23 bits per heavy atom. The van der Waals surface area contributed by atoms with E-state index < -0.39 is 34.2 Å². The quantitative estimate of drug-likeness (QED) is 0.297. The van der Waals surface area contributed by atoms with E-state index in [-0.39, 0.29) is 28.8 Å². The molecule has 0 aromatic heterocycles. The highest BCUT2D eigenvalue weighted by Gasteiger charge is 2.37. The molecule has 1 heterocycles. The second-order valence-electron chi connectivity index (χ2n) is 6.18. The number of nitro benzene ring substituents is 1. The summed E-state index contributed by atoms with van der Waals surface area (Å²) in [5, 5.41) is 13.1. The van der Waals surface area contributed by atoms with Gasteiger partial charge in [-0.1, -0.05) is 23.7 Å². The van der Waals surface area contributed by atoms with Crippen LogP contribution in [-0.4, -0.2) is 35.3 Å². The second-order valence-corrected chi connectivity index (χ2v) is 6.59. The minimum atomic E-state index is -1.04. The summed E-state index contributed by atoms with van der Waals surface area (Å²) in [7, 11) is 0. The summed E-state index contributed by atoms with van der Waals surface area (Å²) in [4.78, 5) is 59.1. The van der Waals surface area contributed by atoms with Crippen LogP contribution < -0.4 is 20.7 Å². The maximum Gasteiger partial charge on any atom is 0.335 e. The third kappa shape index (κ3) is 4.67. The third-order valence-electron chi connectivity index (χ3n) is 4.04. The predicted octanol–water partition coefficient (Wildman–Crippen LogP) is 1.78. The molecule has 1 saturated heterocycles. The van der Waals surface area contributed by atoms with E-state index in [4.69, 9.17) is 22.1 Å².